The number of hydrogen-bond donors (Lipinski definition) is 1. The van der Waals surface area contributed by atoms with Crippen LogP contribution in [0.5, 0.6) is 0 Å². The minimum atomic E-state index is 0.200. The van der Waals surface area contributed by atoms with E-state index in [1.165, 1.54) is 22.5 Å². The summed E-state index contributed by atoms with van der Waals surface area (Å²) in [6.45, 7) is 0. The number of hydrogen-bond acceptors (Lipinski definition) is 5. The topological polar surface area (TPSA) is 66.9 Å². The van der Waals surface area contributed by atoms with Gasteiger partial charge in [-0.3, -0.25) is 4.98 Å². The third-order valence-corrected chi connectivity index (χ3v) is 9.04. The molecule has 4 aromatic rings. The first-order valence-corrected chi connectivity index (χ1v) is 15.6. The molecule has 0 saturated carbocycles. The van der Waals surface area contributed by atoms with Crippen molar-refractivity contribution < 1.29 is 0 Å². The molecule has 4 aliphatic rings. The summed E-state index contributed by atoms with van der Waals surface area (Å²) < 4.78 is 0. The molecule has 0 spiro atoms. The number of anilines is 2. The summed E-state index contributed by atoms with van der Waals surface area (Å²) in [6.07, 6.45) is 25.0. The van der Waals surface area contributed by atoms with E-state index in [2.05, 4.69) is 129 Å². The summed E-state index contributed by atoms with van der Waals surface area (Å²) in [5.74, 6) is 0.303. The van der Waals surface area contributed by atoms with Crippen molar-refractivity contribution >= 4 is 34.4 Å². The number of fused-ring (bicyclic) bond motifs is 3. The zero-order valence-electron chi connectivity index (χ0n) is 24.9. The van der Waals surface area contributed by atoms with Crippen LogP contribution in [-0.2, 0) is 6.42 Å². The van der Waals surface area contributed by atoms with E-state index in [-0.39, 0.29) is 6.04 Å². The molecule has 0 amide bonds. The summed E-state index contributed by atoms with van der Waals surface area (Å²) in [6, 6.07) is 27.3. The van der Waals surface area contributed by atoms with Crippen molar-refractivity contribution in [2.24, 2.45) is 16.1 Å². The number of allylic oxidation sites excluding steroid dienone is 7. The lowest BCUT2D eigenvalue weighted by atomic mass is 9.85. The summed E-state index contributed by atoms with van der Waals surface area (Å²) in [5, 5.41) is 8.99. The molecule has 1 aromatic heterocycles. The summed E-state index contributed by atoms with van der Waals surface area (Å²) >= 11 is 0. The molecule has 2 heterocycles. The van der Waals surface area contributed by atoms with Gasteiger partial charge in [-0.1, -0.05) is 85.0 Å². The number of pyridine rings is 1. The van der Waals surface area contributed by atoms with Gasteiger partial charge in [-0.05, 0) is 89.2 Å². The Bertz CT molecular complexity index is 1990. The van der Waals surface area contributed by atoms with E-state index >= 15 is 0 Å². The third kappa shape index (κ3) is 5.17. The first-order valence-electron chi connectivity index (χ1n) is 15.6. The molecule has 0 radical (unpaired) electrons. The Hall–Kier alpha value is -5.55. The Labute approximate surface area is 263 Å². The van der Waals surface area contributed by atoms with Crippen molar-refractivity contribution in [3.63, 3.8) is 0 Å². The quantitative estimate of drug-likeness (QED) is 0.188. The van der Waals surface area contributed by atoms with E-state index in [1.807, 2.05) is 30.5 Å². The van der Waals surface area contributed by atoms with Gasteiger partial charge in [0.1, 0.15) is 5.69 Å². The van der Waals surface area contributed by atoms with Gasteiger partial charge in [-0.15, -0.1) is 5.11 Å². The van der Waals surface area contributed by atoms with Gasteiger partial charge in [-0.2, -0.15) is 5.11 Å². The molecule has 45 heavy (non-hydrogen) atoms. The smallest absolute Gasteiger partial charge is 0.109 e. The fraction of sp³-hybridized carbons (Fsp3) is 0.125. The minimum absolute atomic E-state index is 0.200. The molecule has 8 rings (SSSR count). The maximum Gasteiger partial charge on any atom is 0.109 e. The van der Waals surface area contributed by atoms with Gasteiger partial charge < -0.3 is 10.6 Å². The van der Waals surface area contributed by atoms with Crippen LogP contribution in [0.2, 0.25) is 0 Å². The zero-order chi connectivity index (χ0) is 30.2. The van der Waals surface area contributed by atoms with Gasteiger partial charge in [0.15, 0.2) is 0 Å². The lowest BCUT2D eigenvalue weighted by molar-refractivity contribution is 0.683. The average molecular weight is 584 g/mol. The van der Waals surface area contributed by atoms with E-state index in [9.17, 15) is 0 Å². The number of benzene rings is 3. The predicted molar refractivity (Wildman–Crippen MR) is 185 cm³/mol. The minimum Gasteiger partial charge on any atom is -0.397 e. The van der Waals surface area contributed by atoms with Crippen molar-refractivity contribution in [1.82, 2.24) is 4.98 Å². The number of rotatable bonds is 5. The number of azo groups is 1. The fourth-order valence-corrected chi connectivity index (χ4v) is 6.77. The van der Waals surface area contributed by atoms with Crippen LogP contribution in [0, 0.1) is 5.92 Å². The standard InChI is InChI=1S/C40H33N5/c41-36-24-28(29-17-21-35-34-12-5-2-6-14-39(34)45(40(35)25-29)33-10-3-1-4-11-33)18-22-38(36)44-43-32-19-15-27(16-20-32)31-23-30-9-7-8-13-37(30)42-26-31/h1-6,8,10-13,15-26,35,40H,7,9,14,41H2. The molecule has 0 bridgehead atoms. The highest BCUT2D eigenvalue weighted by molar-refractivity contribution is 5.82. The van der Waals surface area contributed by atoms with Gasteiger partial charge in [0, 0.05) is 35.5 Å². The second-order valence-electron chi connectivity index (χ2n) is 11.8. The van der Waals surface area contributed by atoms with E-state index in [0.717, 1.165) is 52.9 Å². The SMILES string of the molecule is Nc1cc(C2=CC3C(C=C2)C2=C(CC=CC=C2)N3c2ccccc2)ccc1N=Nc1ccc(-c2cnc3c(c2)CCC=C3)cc1. The largest absolute Gasteiger partial charge is 0.397 e. The normalized spacial score (nSPS) is 19.8. The second kappa shape index (κ2) is 11.5. The molecule has 3 aliphatic carbocycles. The molecular formula is C40H33N5. The second-order valence-corrected chi connectivity index (χ2v) is 11.8. The number of para-hydroxylation sites is 1. The van der Waals surface area contributed by atoms with Crippen LogP contribution in [0.3, 0.4) is 0 Å². The Kier molecular flexibility index (Phi) is 6.91. The molecule has 2 N–H and O–H groups in total. The predicted octanol–water partition coefficient (Wildman–Crippen LogP) is 9.93. The monoisotopic (exact) mass is 583 g/mol. The summed E-state index contributed by atoms with van der Waals surface area (Å²) in [7, 11) is 0. The van der Waals surface area contributed by atoms with Crippen LogP contribution in [-0.4, -0.2) is 11.0 Å². The van der Waals surface area contributed by atoms with Crippen LogP contribution in [0.15, 0.2) is 155 Å². The number of nitrogen functional groups attached to an aromatic ring is 1. The molecule has 218 valence electrons. The molecule has 0 fully saturated rings. The summed E-state index contributed by atoms with van der Waals surface area (Å²) in [4.78, 5) is 7.14. The van der Waals surface area contributed by atoms with Gasteiger partial charge >= 0.3 is 0 Å². The Morgan fingerprint density at radius 1 is 0.800 bits per heavy atom. The van der Waals surface area contributed by atoms with Gasteiger partial charge in [0.25, 0.3) is 0 Å². The molecular weight excluding hydrogens is 550 g/mol. The lowest BCUT2D eigenvalue weighted by Crippen LogP contribution is -2.33. The highest BCUT2D eigenvalue weighted by Gasteiger charge is 2.39. The van der Waals surface area contributed by atoms with Crippen molar-refractivity contribution in [2.45, 2.75) is 25.3 Å². The van der Waals surface area contributed by atoms with Crippen LogP contribution in [0.1, 0.15) is 29.7 Å². The summed E-state index contributed by atoms with van der Waals surface area (Å²) in [5.41, 5.74) is 19.4. The maximum absolute atomic E-state index is 6.53. The first kappa shape index (κ1) is 27.0. The van der Waals surface area contributed by atoms with Crippen molar-refractivity contribution in [3.8, 4) is 11.1 Å². The molecule has 3 aromatic carbocycles. The van der Waals surface area contributed by atoms with E-state index < -0.39 is 0 Å². The van der Waals surface area contributed by atoms with Gasteiger partial charge in [0.05, 0.1) is 23.1 Å². The van der Waals surface area contributed by atoms with E-state index in [4.69, 9.17) is 5.73 Å². The number of nitrogens with two attached hydrogens (primary N) is 1. The molecule has 5 heteroatoms. The van der Waals surface area contributed by atoms with Crippen LogP contribution in [0.25, 0.3) is 22.8 Å². The lowest BCUT2D eigenvalue weighted by Gasteiger charge is -2.32. The fourth-order valence-electron chi connectivity index (χ4n) is 6.77. The average Bonchev–Trinajstić information content (AvgIpc) is 3.21. The Morgan fingerprint density at radius 3 is 2.53 bits per heavy atom. The number of nitrogens with zero attached hydrogens (tertiary/aromatic N) is 4. The number of aromatic nitrogens is 1. The number of aryl methyl sites for hydroxylation is 1. The maximum atomic E-state index is 6.53. The highest BCUT2D eigenvalue weighted by Crippen LogP contribution is 2.45. The van der Waals surface area contributed by atoms with Gasteiger partial charge in [0.2, 0.25) is 0 Å². The van der Waals surface area contributed by atoms with Gasteiger partial charge in [-0.25, -0.2) is 0 Å². The highest BCUT2D eigenvalue weighted by atomic mass is 15.2. The molecule has 2 atom stereocenters. The van der Waals surface area contributed by atoms with Crippen LogP contribution in [0.4, 0.5) is 22.7 Å². The Morgan fingerprint density at radius 2 is 1.67 bits per heavy atom. The molecule has 5 nitrogen and oxygen atoms in total. The molecule has 0 saturated heterocycles. The van der Waals surface area contributed by atoms with E-state index in [1.54, 1.807) is 0 Å². The van der Waals surface area contributed by atoms with E-state index in [0.29, 0.717) is 17.3 Å². The molecule has 1 aliphatic heterocycles. The van der Waals surface area contributed by atoms with Crippen LogP contribution < -0.4 is 10.6 Å². The van der Waals surface area contributed by atoms with Crippen molar-refractivity contribution in [3.05, 3.63) is 162 Å². The zero-order valence-corrected chi connectivity index (χ0v) is 24.9. The van der Waals surface area contributed by atoms with Crippen molar-refractivity contribution in [1.29, 1.82) is 0 Å². The third-order valence-electron chi connectivity index (χ3n) is 9.04. The Balaban J connectivity index is 1.02. The molecule has 2 unspecified atom stereocenters. The van der Waals surface area contributed by atoms with Crippen molar-refractivity contribution in [2.75, 3.05) is 10.6 Å². The van der Waals surface area contributed by atoms with Crippen LogP contribution >= 0.6 is 0 Å². The first-order chi connectivity index (χ1) is 22.2.